The minimum atomic E-state index is -0.686. The van der Waals surface area contributed by atoms with Gasteiger partial charge in [0.25, 0.3) is 0 Å². The second-order valence-electron chi connectivity index (χ2n) is 26.0. The first-order chi connectivity index (χ1) is 45.3. The molecule has 0 radical (unpaired) electrons. The number of alkyl carbamates (subject to hydrolysis) is 3. The van der Waals surface area contributed by atoms with E-state index >= 15 is 0 Å². The van der Waals surface area contributed by atoms with Gasteiger partial charge >= 0.3 is 18.3 Å². The third-order valence-electron chi connectivity index (χ3n) is 18.8. The number of imidazole rings is 1. The number of hydrogen-bond acceptors (Lipinski definition) is 12. The van der Waals surface area contributed by atoms with Crippen molar-refractivity contribution < 1.29 is 43.0 Å². The molecule has 12 rings (SSSR count). The molecule has 7 aromatic rings. The molecule has 0 aliphatic carbocycles. The van der Waals surface area contributed by atoms with Crippen molar-refractivity contribution in [2.24, 2.45) is 27.7 Å². The van der Waals surface area contributed by atoms with Gasteiger partial charge in [-0.2, -0.15) is 0 Å². The van der Waals surface area contributed by atoms with Crippen molar-refractivity contribution in [3.05, 3.63) is 149 Å². The number of likely N-dealkylation sites (tertiary alicyclic amines) is 3. The molecule has 6 atom stereocenters. The van der Waals surface area contributed by atoms with Crippen molar-refractivity contribution in [3.8, 4) is 22.4 Å². The van der Waals surface area contributed by atoms with Crippen LogP contribution in [0.5, 0.6) is 0 Å². The van der Waals surface area contributed by atoms with Gasteiger partial charge in [0, 0.05) is 66.3 Å². The van der Waals surface area contributed by atoms with Crippen LogP contribution < -0.4 is 16.0 Å². The van der Waals surface area contributed by atoms with E-state index in [4.69, 9.17) is 29.2 Å². The number of rotatable bonds is 16. The van der Waals surface area contributed by atoms with Crippen LogP contribution in [0.15, 0.2) is 142 Å². The number of carbonyl (C=O) groups excluding carboxylic acids is 6. The van der Waals surface area contributed by atoms with Crippen molar-refractivity contribution in [1.82, 2.24) is 40.6 Å². The number of nitrogens with one attached hydrogen (secondary N) is 4. The van der Waals surface area contributed by atoms with Gasteiger partial charge in [0.05, 0.1) is 51.3 Å². The predicted octanol–water partition coefficient (Wildman–Crippen LogP) is 13.8. The molecule has 94 heavy (non-hydrogen) atoms. The summed E-state index contributed by atoms with van der Waals surface area (Å²) in [6.45, 7) is 13.4. The lowest BCUT2D eigenvalue weighted by Crippen LogP contribution is -2.53. The summed E-state index contributed by atoms with van der Waals surface area (Å²) >= 11 is 3.52. The van der Waals surface area contributed by atoms with E-state index in [9.17, 15) is 28.8 Å². The van der Waals surface area contributed by atoms with Crippen molar-refractivity contribution >= 4 is 107 Å². The number of methoxy groups -OCH3 is 3. The quantitative estimate of drug-likeness (QED) is 0.0669. The first-order valence-corrected chi connectivity index (χ1v) is 33.4. The molecule has 0 unspecified atom stereocenters. The lowest BCUT2D eigenvalue weighted by Gasteiger charge is -2.31. The third kappa shape index (κ3) is 14.5. The molecule has 5 aliphatic rings. The van der Waals surface area contributed by atoms with E-state index in [0.717, 1.165) is 133 Å². The van der Waals surface area contributed by atoms with Crippen LogP contribution in [0.1, 0.15) is 116 Å². The molecule has 6 heterocycles. The smallest absolute Gasteiger partial charge is 0.407 e. The zero-order chi connectivity index (χ0) is 66.5. The van der Waals surface area contributed by atoms with Crippen LogP contribution in [0.4, 0.5) is 14.4 Å². The Morgan fingerprint density at radius 3 is 1.21 bits per heavy atom. The molecule has 3 saturated heterocycles. The monoisotopic (exact) mass is 1330 g/mol. The molecule has 19 nitrogen and oxygen atoms in total. The molecule has 20 heteroatoms. The minimum absolute atomic E-state index is 0.0339. The van der Waals surface area contributed by atoms with Crippen LogP contribution in [0.3, 0.4) is 0 Å². The van der Waals surface area contributed by atoms with E-state index in [1.807, 2.05) is 80.9 Å². The third-order valence-corrected chi connectivity index (χ3v) is 19.3. The molecule has 0 saturated carbocycles. The van der Waals surface area contributed by atoms with E-state index in [1.165, 1.54) is 32.1 Å². The molecule has 0 bridgehead atoms. The van der Waals surface area contributed by atoms with Crippen molar-refractivity contribution in [3.63, 3.8) is 0 Å². The summed E-state index contributed by atoms with van der Waals surface area (Å²) in [5.74, 6) is 0.209. The highest BCUT2D eigenvalue weighted by molar-refractivity contribution is 9.10. The minimum Gasteiger partial charge on any atom is -0.453 e. The Hall–Kier alpha value is -9.17. The predicted molar refractivity (Wildman–Crippen MR) is 372 cm³/mol. The van der Waals surface area contributed by atoms with Gasteiger partial charge in [0.1, 0.15) is 23.9 Å². The van der Waals surface area contributed by atoms with Crippen molar-refractivity contribution in [2.45, 2.75) is 129 Å². The highest BCUT2D eigenvalue weighted by atomic mass is 79.9. The van der Waals surface area contributed by atoms with E-state index in [2.05, 4.69) is 140 Å². The second-order valence-corrected chi connectivity index (χ2v) is 26.9. The Morgan fingerprint density at radius 2 is 0.809 bits per heavy atom. The van der Waals surface area contributed by atoms with Crippen LogP contribution in [0.2, 0.25) is 0 Å². The summed E-state index contributed by atoms with van der Waals surface area (Å²) in [4.78, 5) is 99.7. The van der Waals surface area contributed by atoms with Crippen LogP contribution in [0.25, 0.3) is 65.8 Å². The maximum absolute atomic E-state index is 13.6. The Bertz CT molecular complexity index is 4190. The summed E-state index contributed by atoms with van der Waals surface area (Å²) < 4.78 is 15.3. The topological polar surface area (TPSA) is 229 Å². The van der Waals surface area contributed by atoms with Crippen LogP contribution in [-0.2, 0) is 28.6 Å². The number of benzene rings is 6. The van der Waals surface area contributed by atoms with Crippen molar-refractivity contribution in [2.75, 3.05) is 41.0 Å². The number of fused-ring (bicyclic) bond motifs is 3. The van der Waals surface area contributed by atoms with Gasteiger partial charge in [0.15, 0.2) is 0 Å². The highest BCUT2D eigenvalue weighted by Gasteiger charge is 2.41. The number of halogens is 1. The highest BCUT2D eigenvalue weighted by Crippen LogP contribution is 2.38. The van der Waals surface area contributed by atoms with Gasteiger partial charge in [-0.25, -0.2) is 19.4 Å². The van der Waals surface area contributed by atoms with Gasteiger partial charge in [-0.05, 0) is 164 Å². The van der Waals surface area contributed by atoms with Gasteiger partial charge in [-0.1, -0.05) is 124 Å². The van der Waals surface area contributed by atoms with E-state index < -0.39 is 36.4 Å². The van der Waals surface area contributed by atoms with E-state index in [1.54, 1.807) is 0 Å². The average Bonchev–Trinajstić information content (AvgIpc) is 1.13. The number of nitrogens with zero attached hydrogens (tertiary/aromatic N) is 6. The Morgan fingerprint density at radius 1 is 0.468 bits per heavy atom. The molecule has 6 aromatic carbocycles. The van der Waals surface area contributed by atoms with Gasteiger partial charge in [-0.15, -0.1) is 0 Å². The fourth-order valence-electron chi connectivity index (χ4n) is 13.6. The SMILES string of the molecule is COC(=O)N[C@H](C(=O)N1CCC[C@H]1C1=NC=C(c2ccc3cc(-c4ccc5cc(-c6cnc([C@@H]7CCCN7C(=O)[C@@H](NC(=O)OC)C(C)C)[nH]6)ccc5c4)ccc3c2)C1)C(C)C.COC(=O)N[C@H](C(=O)N1CCC[C@H]1C1=NC=C(c2ccc3cc(Br)ccc3c2)C1)C(C)C. The number of aromatic amines is 1. The first-order valence-electron chi connectivity index (χ1n) is 32.6. The second kappa shape index (κ2) is 29.0. The summed E-state index contributed by atoms with van der Waals surface area (Å²) in [7, 11) is 3.91. The molecule has 6 amide bonds. The summed E-state index contributed by atoms with van der Waals surface area (Å²) in [5, 5.41) is 15.0. The maximum atomic E-state index is 13.6. The van der Waals surface area contributed by atoms with E-state index in [-0.39, 0.29) is 53.6 Å². The van der Waals surface area contributed by atoms with Gasteiger partial charge < -0.3 is 49.8 Å². The lowest BCUT2D eigenvalue weighted by atomic mass is 9.94. The number of aromatic nitrogens is 2. The number of H-pyrrole nitrogens is 1. The largest absolute Gasteiger partial charge is 0.453 e. The standard InChI is InChI=1S/C49H55N7O6.C25H28BrN3O3/c1-28(2)43(53-48(59)61-5)46(57)55-19-7-9-41(55)39-25-38(26-50-39)36-16-15-32-21-30(11-12-33(32)23-36)31-13-14-35-24-37(18-17-34(35)22-31)40-27-51-45(52-40)42-10-8-20-56(42)47(58)44(29(3)4)54-49(60)62-6;1-15(2)23(28-25(31)32-3)24(30)29-10-4-5-22(29)21-13-19(14-27-21)17-6-7-18-12-20(26)9-8-16(18)11-17/h11-18,21-24,26-29,41-44H,7-10,19-20,25H2,1-6H3,(H,51,52)(H,53,59)(H,54,60);6-9,11-12,14-15,22-23H,4-5,10,13H2,1-3H3,(H,28,31)/t41-,42-,43-,44-;22-,23-/m00/s1. The Labute approximate surface area is 557 Å². The molecule has 1 aromatic heterocycles. The number of aliphatic imine (C=N–C) groups is 2. The lowest BCUT2D eigenvalue weighted by molar-refractivity contribution is -0.136. The van der Waals surface area contributed by atoms with Crippen LogP contribution in [-0.4, -0.2) is 143 Å². The number of amides is 6. The molecule has 4 N–H and O–H groups in total. The van der Waals surface area contributed by atoms with Crippen LogP contribution >= 0.6 is 15.9 Å². The zero-order valence-corrected chi connectivity index (χ0v) is 56.4. The normalized spacial score (nSPS) is 18.8. The fraction of sp³-hybridized carbons (Fsp3) is 0.392. The molecule has 5 aliphatic heterocycles. The Balaban J connectivity index is 0.000000236. The number of allylic oxidation sites excluding steroid dienone is 2. The number of ether oxygens (including phenoxy) is 3. The maximum Gasteiger partial charge on any atom is 0.407 e. The molecular weight excluding hydrogens is 1250 g/mol. The van der Waals surface area contributed by atoms with Gasteiger partial charge in [0.2, 0.25) is 17.7 Å². The Kier molecular flexibility index (Phi) is 20.5. The van der Waals surface area contributed by atoms with Gasteiger partial charge in [-0.3, -0.25) is 24.4 Å². The fourth-order valence-corrected chi connectivity index (χ4v) is 14.0. The summed E-state index contributed by atoms with van der Waals surface area (Å²) in [6.07, 6.45) is 10.5. The van der Waals surface area contributed by atoms with Crippen LogP contribution in [0, 0.1) is 17.8 Å². The molecule has 0 spiro atoms. The summed E-state index contributed by atoms with van der Waals surface area (Å²) in [6, 6.07) is 36.4. The van der Waals surface area contributed by atoms with E-state index in [0.29, 0.717) is 26.1 Å². The summed E-state index contributed by atoms with van der Waals surface area (Å²) in [5.41, 5.74) is 10.7. The molecular formula is C74H83BrN10O9. The number of carbonyl (C=O) groups is 6. The van der Waals surface area contributed by atoms with Crippen molar-refractivity contribution in [1.29, 1.82) is 0 Å². The average molecular weight is 1340 g/mol. The number of hydrogen-bond donors (Lipinski definition) is 4. The zero-order valence-electron chi connectivity index (χ0n) is 54.8. The molecule has 490 valence electrons. The molecule has 3 fully saturated rings. The first kappa shape index (κ1) is 66.3.